The fourth-order valence-corrected chi connectivity index (χ4v) is 2.90. The van der Waals surface area contributed by atoms with Crippen molar-refractivity contribution in [1.29, 1.82) is 0 Å². The van der Waals surface area contributed by atoms with Crippen molar-refractivity contribution in [2.45, 2.75) is 13.1 Å². The molecule has 0 fully saturated rings. The zero-order valence-corrected chi connectivity index (χ0v) is 12.9. The van der Waals surface area contributed by atoms with Gasteiger partial charge in [0.1, 0.15) is 0 Å². The highest BCUT2D eigenvalue weighted by Gasteiger charge is 2.31. The molecule has 0 N–H and O–H groups in total. The number of alkyl halides is 3. The summed E-state index contributed by atoms with van der Waals surface area (Å²) >= 11 is 0. The van der Waals surface area contributed by atoms with E-state index in [9.17, 15) is 18.0 Å². The molecule has 4 aromatic rings. The molecular formula is C17H11F3N4O. The summed E-state index contributed by atoms with van der Waals surface area (Å²) in [4.78, 5) is 21.1. The second-order valence-electron chi connectivity index (χ2n) is 5.57. The molecule has 0 unspecified atom stereocenters. The van der Waals surface area contributed by atoms with E-state index in [1.165, 1.54) is 21.2 Å². The number of imidazole rings is 1. The average molecular weight is 344 g/mol. The molecule has 0 radical (unpaired) electrons. The predicted octanol–water partition coefficient (Wildman–Crippen LogP) is 3.36. The first-order valence-electron chi connectivity index (χ1n) is 7.39. The van der Waals surface area contributed by atoms with Gasteiger partial charge in [-0.2, -0.15) is 13.2 Å². The van der Waals surface area contributed by atoms with E-state index in [0.29, 0.717) is 16.9 Å². The molecule has 25 heavy (non-hydrogen) atoms. The van der Waals surface area contributed by atoms with Crippen LogP contribution in [0.1, 0.15) is 11.3 Å². The Bertz CT molecular complexity index is 1170. The highest BCUT2D eigenvalue weighted by Crippen LogP contribution is 2.32. The van der Waals surface area contributed by atoms with Gasteiger partial charge in [0.15, 0.2) is 0 Å². The van der Waals surface area contributed by atoms with Crippen molar-refractivity contribution in [2.75, 3.05) is 0 Å². The van der Waals surface area contributed by atoms with Crippen molar-refractivity contribution in [3.05, 3.63) is 70.5 Å². The van der Waals surface area contributed by atoms with Crippen LogP contribution in [0.2, 0.25) is 0 Å². The molecule has 0 saturated carbocycles. The number of nitrogens with zero attached hydrogens (tertiary/aromatic N) is 4. The third-order valence-corrected chi connectivity index (χ3v) is 4.06. The number of pyridine rings is 1. The lowest BCUT2D eigenvalue weighted by Crippen LogP contribution is -2.23. The number of rotatable bonds is 1. The maximum atomic E-state index is 13.2. The summed E-state index contributed by atoms with van der Waals surface area (Å²) in [5, 5.41) is 0. The summed E-state index contributed by atoms with van der Waals surface area (Å²) in [7, 11) is 0. The number of aromatic nitrogens is 4. The molecule has 0 bridgehead atoms. The Kier molecular flexibility index (Phi) is 3.18. The van der Waals surface area contributed by atoms with Gasteiger partial charge in [-0.25, -0.2) is 4.98 Å². The molecule has 0 aliphatic rings. The molecule has 4 rings (SSSR count). The summed E-state index contributed by atoms with van der Waals surface area (Å²) in [5.41, 5.74) is 0.337. The van der Waals surface area contributed by atoms with Gasteiger partial charge in [-0.3, -0.25) is 18.7 Å². The van der Waals surface area contributed by atoms with Gasteiger partial charge in [-0.05, 0) is 37.3 Å². The first-order valence-corrected chi connectivity index (χ1v) is 7.39. The van der Waals surface area contributed by atoms with Gasteiger partial charge >= 0.3 is 6.18 Å². The molecule has 0 saturated heterocycles. The first kappa shape index (κ1) is 15.4. The summed E-state index contributed by atoms with van der Waals surface area (Å²) in [6, 6.07) is 6.58. The summed E-state index contributed by atoms with van der Waals surface area (Å²) in [6.07, 6.45) is 0.0330. The zero-order chi connectivity index (χ0) is 17.8. The van der Waals surface area contributed by atoms with Crippen molar-refractivity contribution >= 4 is 16.7 Å². The Morgan fingerprint density at radius 1 is 1.04 bits per heavy atom. The minimum absolute atomic E-state index is 0.135. The molecule has 3 heterocycles. The molecule has 0 amide bonds. The zero-order valence-electron chi connectivity index (χ0n) is 12.9. The predicted molar refractivity (Wildman–Crippen MR) is 85.8 cm³/mol. The van der Waals surface area contributed by atoms with Crippen molar-refractivity contribution < 1.29 is 13.2 Å². The number of hydrogen-bond acceptors (Lipinski definition) is 3. The summed E-state index contributed by atoms with van der Waals surface area (Å²) < 4.78 is 42.2. The topological polar surface area (TPSA) is 52.2 Å². The van der Waals surface area contributed by atoms with E-state index in [4.69, 9.17) is 0 Å². The SMILES string of the molecule is Cc1ncccc1-n1c(=O)c2nccn2c2ccc(C(F)(F)F)cc21. The molecule has 1 aromatic carbocycles. The lowest BCUT2D eigenvalue weighted by atomic mass is 10.1. The van der Waals surface area contributed by atoms with E-state index in [-0.39, 0.29) is 11.2 Å². The number of aryl methyl sites for hydroxylation is 1. The molecule has 0 aliphatic carbocycles. The van der Waals surface area contributed by atoms with Gasteiger partial charge in [-0.15, -0.1) is 0 Å². The molecule has 3 aromatic heterocycles. The molecular weight excluding hydrogens is 333 g/mol. The van der Waals surface area contributed by atoms with Gasteiger partial charge in [0.05, 0.1) is 28.0 Å². The van der Waals surface area contributed by atoms with Crippen LogP contribution in [0.15, 0.2) is 53.7 Å². The number of hydrogen-bond donors (Lipinski definition) is 0. The van der Waals surface area contributed by atoms with Crippen molar-refractivity contribution in [3.8, 4) is 5.69 Å². The third-order valence-electron chi connectivity index (χ3n) is 4.06. The second kappa shape index (κ2) is 5.17. The van der Waals surface area contributed by atoms with Gasteiger partial charge in [-0.1, -0.05) is 0 Å². The molecule has 5 nitrogen and oxygen atoms in total. The van der Waals surface area contributed by atoms with Crippen molar-refractivity contribution in [1.82, 2.24) is 18.9 Å². The minimum Gasteiger partial charge on any atom is -0.294 e. The molecule has 0 atom stereocenters. The fourth-order valence-electron chi connectivity index (χ4n) is 2.90. The molecule has 8 heteroatoms. The Hall–Kier alpha value is -3.16. The van der Waals surface area contributed by atoms with E-state index in [2.05, 4.69) is 9.97 Å². The van der Waals surface area contributed by atoms with Crippen molar-refractivity contribution in [3.63, 3.8) is 0 Å². The van der Waals surface area contributed by atoms with Crippen LogP contribution < -0.4 is 5.56 Å². The summed E-state index contributed by atoms with van der Waals surface area (Å²) in [6.45, 7) is 1.69. The molecule has 0 aliphatic heterocycles. The Morgan fingerprint density at radius 2 is 1.84 bits per heavy atom. The van der Waals surface area contributed by atoms with E-state index in [1.807, 2.05) is 0 Å². The smallest absolute Gasteiger partial charge is 0.294 e. The third kappa shape index (κ3) is 2.29. The van der Waals surface area contributed by atoms with Crippen LogP contribution in [0.4, 0.5) is 13.2 Å². The van der Waals surface area contributed by atoms with Crippen LogP contribution in [0.25, 0.3) is 22.4 Å². The first-order chi connectivity index (χ1) is 11.9. The van der Waals surface area contributed by atoms with Crippen LogP contribution in [0.3, 0.4) is 0 Å². The lowest BCUT2D eigenvalue weighted by molar-refractivity contribution is -0.137. The quantitative estimate of drug-likeness (QED) is 0.532. The largest absolute Gasteiger partial charge is 0.416 e. The van der Waals surface area contributed by atoms with Crippen LogP contribution >= 0.6 is 0 Å². The number of halogens is 3. The van der Waals surface area contributed by atoms with E-state index < -0.39 is 17.3 Å². The van der Waals surface area contributed by atoms with Gasteiger partial charge in [0.25, 0.3) is 5.56 Å². The standard InChI is InChI=1S/C17H11F3N4O/c1-10-12(3-2-6-21-10)24-14-9-11(17(18,19)20)4-5-13(14)23-8-7-22-15(23)16(24)25/h2-9H,1H3. The van der Waals surface area contributed by atoms with Crippen LogP contribution in [-0.4, -0.2) is 18.9 Å². The minimum atomic E-state index is -4.51. The van der Waals surface area contributed by atoms with Gasteiger partial charge in [0, 0.05) is 18.6 Å². The second-order valence-corrected chi connectivity index (χ2v) is 5.57. The monoisotopic (exact) mass is 344 g/mol. The maximum Gasteiger partial charge on any atom is 0.416 e. The van der Waals surface area contributed by atoms with E-state index >= 15 is 0 Å². The fraction of sp³-hybridized carbons (Fsp3) is 0.118. The highest BCUT2D eigenvalue weighted by molar-refractivity contribution is 5.81. The van der Waals surface area contributed by atoms with Gasteiger partial charge < -0.3 is 0 Å². The van der Waals surface area contributed by atoms with E-state index in [0.717, 1.165) is 12.1 Å². The van der Waals surface area contributed by atoms with Crippen molar-refractivity contribution in [2.24, 2.45) is 0 Å². The average Bonchev–Trinajstić information content (AvgIpc) is 3.05. The van der Waals surface area contributed by atoms with E-state index in [1.54, 1.807) is 31.5 Å². The Balaban J connectivity index is 2.23. The summed E-state index contributed by atoms with van der Waals surface area (Å²) in [5.74, 6) is 0. The van der Waals surface area contributed by atoms with Crippen LogP contribution in [0.5, 0.6) is 0 Å². The Labute approximate surface area is 139 Å². The van der Waals surface area contributed by atoms with Gasteiger partial charge in [0.2, 0.25) is 5.65 Å². The van der Waals surface area contributed by atoms with Crippen LogP contribution in [0, 0.1) is 6.92 Å². The normalized spacial score (nSPS) is 12.2. The molecule has 126 valence electrons. The van der Waals surface area contributed by atoms with Crippen LogP contribution in [-0.2, 0) is 6.18 Å². The molecule has 0 spiro atoms. The highest BCUT2D eigenvalue weighted by atomic mass is 19.4. The lowest BCUT2D eigenvalue weighted by Gasteiger charge is -2.15. The number of fused-ring (bicyclic) bond motifs is 3. The number of benzene rings is 1. The Morgan fingerprint density at radius 3 is 2.56 bits per heavy atom. The maximum absolute atomic E-state index is 13.2.